The van der Waals surface area contributed by atoms with E-state index >= 15 is 0 Å². The van der Waals surface area contributed by atoms with Crippen LogP contribution in [0.3, 0.4) is 0 Å². The average Bonchev–Trinajstić information content (AvgIpc) is 3.35. The number of carbonyl (C=O) groups is 1. The molecule has 1 amide bonds. The number of anilines is 1. The van der Waals surface area contributed by atoms with Crippen molar-refractivity contribution in [2.45, 2.75) is 97.4 Å². The lowest BCUT2D eigenvalue weighted by molar-refractivity contribution is -0.689. The number of hydrogen-bond acceptors (Lipinski definition) is 4. The van der Waals surface area contributed by atoms with Crippen molar-refractivity contribution in [2.75, 3.05) is 18.5 Å². The quantitative estimate of drug-likeness (QED) is 0.116. The molecule has 5 nitrogen and oxygen atoms in total. The van der Waals surface area contributed by atoms with Crippen LogP contribution < -0.4 is 36.3 Å². The second kappa shape index (κ2) is 20.7. The average molecular weight is 666 g/mol. The molecule has 1 N–H and O–H groups in total. The zero-order valence-corrected chi connectivity index (χ0v) is 27.8. The van der Waals surface area contributed by atoms with Gasteiger partial charge >= 0.3 is 0 Å². The first kappa shape index (κ1) is 35.1. The van der Waals surface area contributed by atoms with Gasteiger partial charge in [0, 0.05) is 18.6 Å². The first-order chi connectivity index (χ1) is 19.6. The summed E-state index contributed by atoms with van der Waals surface area (Å²) in [5.74, 6) is 0.954. The molecule has 3 aromatic rings. The summed E-state index contributed by atoms with van der Waals surface area (Å²) in [6.45, 7) is 5.60. The zero-order valence-electron chi connectivity index (χ0n) is 24.6. The molecule has 0 atom stereocenters. The van der Waals surface area contributed by atoms with Gasteiger partial charge in [0.1, 0.15) is 11.5 Å². The van der Waals surface area contributed by atoms with E-state index in [1.165, 1.54) is 75.6 Å². The number of benzene rings is 2. The topological polar surface area (TPSA) is 51.4 Å². The lowest BCUT2D eigenvalue weighted by Crippen LogP contribution is -3.00. The van der Waals surface area contributed by atoms with Crippen LogP contribution in [0.4, 0.5) is 5.69 Å². The van der Waals surface area contributed by atoms with Gasteiger partial charge in [0.15, 0.2) is 19.3 Å². The van der Waals surface area contributed by atoms with Crippen molar-refractivity contribution in [3.63, 3.8) is 0 Å². The Morgan fingerprint density at radius 2 is 1.56 bits per heavy atom. The van der Waals surface area contributed by atoms with Crippen molar-refractivity contribution >= 4 is 34.5 Å². The first-order valence-corrected chi connectivity index (χ1v) is 16.2. The highest BCUT2D eigenvalue weighted by Gasteiger charge is 2.14. The van der Waals surface area contributed by atoms with Gasteiger partial charge in [0.25, 0.3) is 5.91 Å². The summed E-state index contributed by atoms with van der Waals surface area (Å²) in [6, 6.07) is 13.2. The number of unbranched alkanes of at least 4 members (excludes halogenated alkanes) is 11. The van der Waals surface area contributed by atoms with E-state index in [0.29, 0.717) is 23.9 Å². The highest BCUT2D eigenvalue weighted by molar-refractivity contribution is 7.09. The predicted molar refractivity (Wildman–Crippen MR) is 167 cm³/mol. The number of nitrogens with zero attached hydrogens (tertiary/aromatic N) is 1. The Labute approximate surface area is 266 Å². The highest BCUT2D eigenvalue weighted by Crippen LogP contribution is 2.29. The number of nitrogens with one attached hydrogen (secondary N) is 1. The molecule has 0 aliphatic rings. The van der Waals surface area contributed by atoms with E-state index < -0.39 is 0 Å². The normalized spacial score (nSPS) is 10.7. The number of rotatable bonds is 20. The third-order valence-electron chi connectivity index (χ3n) is 7.04. The molecule has 226 valence electrons. The van der Waals surface area contributed by atoms with Crippen LogP contribution in [0.5, 0.6) is 11.5 Å². The fourth-order valence-corrected chi connectivity index (χ4v) is 5.54. The summed E-state index contributed by atoms with van der Waals surface area (Å²) >= 11 is 8.11. The van der Waals surface area contributed by atoms with E-state index in [2.05, 4.69) is 35.3 Å². The van der Waals surface area contributed by atoms with Crippen LogP contribution >= 0.6 is 22.9 Å². The second-order valence-corrected chi connectivity index (χ2v) is 11.9. The number of ether oxygens (including phenoxy) is 2. The summed E-state index contributed by atoms with van der Waals surface area (Å²) in [7, 11) is 0. The minimum absolute atomic E-state index is 0. The van der Waals surface area contributed by atoms with Crippen molar-refractivity contribution in [1.29, 1.82) is 0 Å². The van der Waals surface area contributed by atoms with Crippen LogP contribution in [0.15, 0.2) is 54.0 Å². The molecular formula is C33H46BrClN2O3S. The molecule has 0 radical (unpaired) electrons. The van der Waals surface area contributed by atoms with Crippen molar-refractivity contribution < 1.29 is 35.8 Å². The molecule has 2 aromatic carbocycles. The largest absolute Gasteiger partial charge is 1.00 e. The molecule has 0 aliphatic carbocycles. The molecule has 3 rings (SSSR count). The van der Waals surface area contributed by atoms with Crippen LogP contribution in [0.1, 0.15) is 94.5 Å². The molecule has 0 saturated heterocycles. The van der Waals surface area contributed by atoms with Crippen molar-refractivity contribution in [3.05, 3.63) is 69.6 Å². The van der Waals surface area contributed by atoms with Gasteiger partial charge in [-0.3, -0.25) is 4.79 Å². The standard InChI is InChI=1S/C33H45ClN2O3S.BrH/c1-3-4-5-6-7-8-9-10-11-12-13-16-22-38-29-19-20-32(30(34)24-29)39-26-33(37)35-31-18-15-14-17-28(31)25-36-21-23-40-27(36)2;/h14-15,17-21,23-24H,3-13,16,22,25-26H2,1-2H3;1H. The lowest BCUT2D eigenvalue weighted by atomic mass is 10.1. The Kier molecular flexibility index (Phi) is 17.8. The molecular weight excluding hydrogens is 620 g/mol. The Balaban J connectivity index is 0.00000588. The Hall–Kier alpha value is -2.09. The molecule has 0 unspecified atom stereocenters. The number of amides is 1. The van der Waals surface area contributed by atoms with E-state index in [-0.39, 0.29) is 29.5 Å². The second-order valence-electron chi connectivity index (χ2n) is 10.4. The van der Waals surface area contributed by atoms with Gasteiger partial charge in [-0.05, 0) is 24.6 Å². The molecule has 0 saturated carbocycles. The smallest absolute Gasteiger partial charge is 0.262 e. The number of para-hydroxylation sites is 1. The zero-order chi connectivity index (χ0) is 28.4. The van der Waals surface area contributed by atoms with Crippen LogP contribution in [-0.4, -0.2) is 19.1 Å². The van der Waals surface area contributed by atoms with Gasteiger partial charge in [-0.15, -0.1) is 0 Å². The molecule has 1 aromatic heterocycles. The monoisotopic (exact) mass is 664 g/mol. The molecule has 0 bridgehead atoms. The van der Waals surface area contributed by atoms with Gasteiger partial charge in [-0.1, -0.05) is 119 Å². The minimum atomic E-state index is -0.233. The van der Waals surface area contributed by atoms with Crippen molar-refractivity contribution in [3.8, 4) is 11.5 Å². The summed E-state index contributed by atoms with van der Waals surface area (Å²) in [4.78, 5) is 12.6. The third kappa shape index (κ3) is 13.6. The summed E-state index contributed by atoms with van der Waals surface area (Å²) in [5.41, 5.74) is 1.82. The first-order valence-electron chi connectivity index (χ1n) is 14.9. The van der Waals surface area contributed by atoms with Crippen LogP contribution in [0.25, 0.3) is 0 Å². The molecule has 0 aliphatic heterocycles. The van der Waals surface area contributed by atoms with Gasteiger partial charge in [-0.25, -0.2) is 0 Å². The van der Waals surface area contributed by atoms with Crippen LogP contribution in [0, 0.1) is 6.92 Å². The van der Waals surface area contributed by atoms with E-state index in [4.69, 9.17) is 21.1 Å². The summed E-state index contributed by atoms with van der Waals surface area (Å²) in [5, 5.41) is 6.67. The number of thiazole rings is 1. The Bertz CT molecular complexity index is 1160. The van der Waals surface area contributed by atoms with Gasteiger partial charge in [-0.2, -0.15) is 4.57 Å². The molecule has 0 spiro atoms. The third-order valence-corrected chi connectivity index (χ3v) is 8.17. The number of aromatic nitrogens is 1. The minimum Gasteiger partial charge on any atom is -1.00 e. The Morgan fingerprint density at radius 3 is 2.20 bits per heavy atom. The molecule has 41 heavy (non-hydrogen) atoms. The number of halogens is 2. The van der Waals surface area contributed by atoms with Gasteiger partial charge in [0.2, 0.25) is 5.01 Å². The maximum atomic E-state index is 12.6. The molecule has 8 heteroatoms. The lowest BCUT2D eigenvalue weighted by Gasteiger charge is -2.12. The number of hydrogen-bond donors (Lipinski definition) is 1. The van der Waals surface area contributed by atoms with E-state index in [1.54, 1.807) is 23.5 Å². The van der Waals surface area contributed by atoms with E-state index in [1.807, 2.05) is 30.3 Å². The van der Waals surface area contributed by atoms with Gasteiger partial charge in [0.05, 0.1) is 22.7 Å². The number of carbonyl (C=O) groups excluding carboxylic acids is 1. The molecule has 0 fully saturated rings. The summed E-state index contributed by atoms with van der Waals surface area (Å²) in [6.07, 6.45) is 17.9. The fourth-order valence-electron chi connectivity index (χ4n) is 4.65. The van der Waals surface area contributed by atoms with E-state index in [0.717, 1.165) is 23.4 Å². The van der Waals surface area contributed by atoms with Crippen molar-refractivity contribution in [1.82, 2.24) is 0 Å². The SMILES string of the molecule is CCCCCCCCCCCCCCOc1ccc(OCC(=O)Nc2ccccc2C[n+]2ccsc2C)c(Cl)c1.[Br-]. The fraction of sp³-hybridized carbons (Fsp3) is 0.515. The van der Waals surface area contributed by atoms with Crippen LogP contribution in [-0.2, 0) is 11.3 Å². The highest BCUT2D eigenvalue weighted by atomic mass is 79.9. The predicted octanol–water partition coefficient (Wildman–Crippen LogP) is 6.15. The molecule has 1 heterocycles. The van der Waals surface area contributed by atoms with E-state index in [9.17, 15) is 4.79 Å². The maximum absolute atomic E-state index is 12.6. The Morgan fingerprint density at radius 1 is 0.902 bits per heavy atom. The summed E-state index contributed by atoms with van der Waals surface area (Å²) < 4.78 is 13.8. The number of aryl methyl sites for hydroxylation is 1. The van der Waals surface area contributed by atoms with Gasteiger partial charge < -0.3 is 31.8 Å². The maximum Gasteiger partial charge on any atom is 0.262 e. The van der Waals surface area contributed by atoms with Crippen LogP contribution in [0.2, 0.25) is 5.02 Å². The van der Waals surface area contributed by atoms with Crippen molar-refractivity contribution in [2.24, 2.45) is 0 Å².